The van der Waals surface area contributed by atoms with E-state index in [1.165, 1.54) is 12.8 Å². The molecule has 0 aromatic carbocycles. The van der Waals surface area contributed by atoms with E-state index in [0.29, 0.717) is 6.04 Å². The maximum atomic E-state index is 6.26. The van der Waals surface area contributed by atoms with Crippen LogP contribution in [0.25, 0.3) is 0 Å². The summed E-state index contributed by atoms with van der Waals surface area (Å²) in [6.45, 7) is 5.41. The lowest BCUT2D eigenvalue weighted by molar-refractivity contribution is 0.315. The van der Waals surface area contributed by atoms with Crippen LogP contribution in [0.15, 0.2) is 0 Å². The summed E-state index contributed by atoms with van der Waals surface area (Å²) in [6.07, 6.45) is 3.51. The Labute approximate surface area is 102 Å². The van der Waals surface area contributed by atoms with E-state index < -0.39 is 0 Å². The van der Waals surface area contributed by atoms with Gasteiger partial charge < -0.3 is 5.32 Å². The number of hydrogen-bond donors (Lipinski definition) is 1. The van der Waals surface area contributed by atoms with E-state index in [1.54, 1.807) is 0 Å². The van der Waals surface area contributed by atoms with Crippen LogP contribution >= 0.6 is 11.6 Å². The smallest absolute Gasteiger partial charge is 0.0847 e. The van der Waals surface area contributed by atoms with E-state index in [2.05, 4.69) is 17.3 Å². The monoisotopic (exact) mass is 241 g/mol. The highest BCUT2D eigenvalue weighted by Gasteiger charge is 2.21. The van der Waals surface area contributed by atoms with Gasteiger partial charge in [-0.05, 0) is 32.2 Å². The second kappa shape index (κ2) is 4.76. The minimum absolute atomic E-state index is 0.552. The van der Waals surface area contributed by atoms with Gasteiger partial charge in [-0.1, -0.05) is 18.5 Å². The first-order valence-electron chi connectivity index (χ1n) is 5.99. The number of aryl methyl sites for hydroxylation is 2. The van der Waals surface area contributed by atoms with Gasteiger partial charge in [-0.25, -0.2) is 0 Å². The Balaban J connectivity index is 2.08. The SMILES string of the molecule is Cc1nn(C)c(CC2CC(C)CCN2)c1Cl. The first kappa shape index (κ1) is 11.9. The summed E-state index contributed by atoms with van der Waals surface area (Å²) in [5.41, 5.74) is 2.09. The van der Waals surface area contributed by atoms with Gasteiger partial charge in [-0.3, -0.25) is 4.68 Å². The molecule has 2 atom stereocenters. The van der Waals surface area contributed by atoms with Gasteiger partial charge in [0, 0.05) is 19.5 Å². The molecular weight excluding hydrogens is 222 g/mol. The third-order valence-corrected chi connectivity index (χ3v) is 3.95. The number of rotatable bonds is 2. The van der Waals surface area contributed by atoms with Crippen LogP contribution in [0.5, 0.6) is 0 Å². The largest absolute Gasteiger partial charge is 0.314 e. The van der Waals surface area contributed by atoms with Gasteiger partial charge >= 0.3 is 0 Å². The Morgan fingerprint density at radius 1 is 1.56 bits per heavy atom. The van der Waals surface area contributed by atoms with Crippen molar-refractivity contribution in [1.82, 2.24) is 15.1 Å². The highest BCUT2D eigenvalue weighted by atomic mass is 35.5. The van der Waals surface area contributed by atoms with E-state index in [1.807, 2.05) is 18.7 Å². The summed E-state index contributed by atoms with van der Waals surface area (Å²) in [4.78, 5) is 0. The minimum atomic E-state index is 0.552. The lowest BCUT2D eigenvalue weighted by Gasteiger charge is -2.28. The molecule has 1 N–H and O–H groups in total. The third-order valence-electron chi connectivity index (χ3n) is 3.46. The van der Waals surface area contributed by atoms with Gasteiger partial charge in [0.05, 0.1) is 16.4 Å². The van der Waals surface area contributed by atoms with Crippen molar-refractivity contribution in [3.8, 4) is 0 Å². The zero-order chi connectivity index (χ0) is 11.7. The Hall–Kier alpha value is -0.540. The molecule has 16 heavy (non-hydrogen) atoms. The Bertz CT molecular complexity index is 373. The fourth-order valence-electron chi connectivity index (χ4n) is 2.51. The fraction of sp³-hybridized carbons (Fsp3) is 0.750. The molecule has 1 aromatic heterocycles. The van der Waals surface area contributed by atoms with Crippen LogP contribution in [-0.4, -0.2) is 22.4 Å². The quantitative estimate of drug-likeness (QED) is 0.861. The Morgan fingerprint density at radius 2 is 2.31 bits per heavy atom. The molecule has 2 heterocycles. The van der Waals surface area contributed by atoms with E-state index in [0.717, 1.165) is 35.3 Å². The molecule has 0 spiro atoms. The number of nitrogens with zero attached hydrogens (tertiary/aromatic N) is 2. The summed E-state index contributed by atoms with van der Waals surface area (Å²) < 4.78 is 1.92. The van der Waals surface area contributed by atoms with Crippen LogP contribution in [0.1, 0.15) is 31.2 Å². The van der Waals surface area contributed by atoms with Crippen molar-refractivity contribution in [2.75, 3.05) is 6.54 Å². The molecule has 1 aliphatic heterocycles. The van der Waals surface area contributed by atoms with Crippen LogP contribution < -0.4 is 5.32 Å². The second-order valence-corrected chi connectivity index (χ2v) is 5.33. The Kier molecular flexibility index (Phi) is 3.55. The summed E-state index contributed by atoms with van der Waals surface area (Å²) in [6, 6.07) is 0.552. The first-order valence-corrected chi connectivity index (χ1v) is 6.37. The maximum absolute atomic E-state index is 6.26. The van der Waals surface area contributed by atoms with Crippen molar-refractivity contribution in [2.45, 2.75) is 39.2 Å². The molecule has 3 nitrogen and oxygen atoms in total. The van der Waals surface area contributed by atoms with Gasteiger partial charge in [0.15, 0.2) is 0 Å². The zero-order valence-electron chi connectivity index (χ0n) is 10.3. The molecule has 1 aromatic rings. The van der Waals surface area contributed by atoms with E-state index >= 15 is 0 Å². The van der Waals surface area contributed by atoms with Gasteiger partial charge in [0.1, 0.15) is 0 Å². The lowest BCUT2D eigenvalue weighted by atomic mass is 9.92. The zero-order valence-corrected chi connectivity index (χ0v) is 11.0. The molecule has 1 aliphatic rings. The molecule has 1 fully saturated rings. The number of aromatic nitrogens is 2. The van der Waals surface area contributed by atoms with Crippen LogP contribution in [0.2, 0.25) is 5.02 Å². The van der Waals surface area contributed by atoms with Gasteiger partial charge in [0.25, 0.3) is 0 Å². The van der Waals surface area contributed by atoms with Crippen LogP contribution in [-0.2, 0) is 13.5 Å². The number of halogens is 1. The summed E-state index contributed by atoms with van der Waals surface area (Å²) in [5.74, 6) is 0.819. The van der Waals surface area contributed by atoms with Crippen molar-refractivity contribution in [1.29, 1.82) is 0 Å². The summed E-state index contributed by atoms with van der Waals surface area (Å²) in [7, 11) is 1.97. The average molecular weight is 242 g/mol. The van der Waals surface area contributed by atoms with E-state index in [4.69, 9.17) is 11.6 Å². The van der Waals surface area contributed by atoms with E-state index in [9.17, 15) is 0 Å². The fourth-order valence-corrected chi connectivity index (χ4v) is 2.75. The molecule has 0 amide bonds. The second-order valence-electron chi connectivity index (χ2n) is 4.95. The van der Waals surface area contributed by atoms with Crippen molar-refractivity contribution in [3.05, 3.63) is 16.4 Å². The molecule has 4 heteroatoms. The molecule has 90 valence electrons. The van der Waals surface area contributed by atoms with Crippen LogP contribution in [0, 0.1) is 12.8 Å². The Morgan fingerprint density at radius 3 is 2.88 bits per heavy atom. The molecule has 0 bridgehead atoms. The molecule has 2 unspecified atom stereocenters. The average Bonchev–Trinajstić information content (AvgIpc) is 2.45. The third kappa shape index (κ3) is 2.41. The number of hydrogen-bond acceptors (Lipinski definition) is 2. The van der Waals surface area contributed by atoms with Gasteiger partial charge in [-0.15, -0.1) is 0 Å². The van der Waals surface area contributed by atoms with Crippen molar-refractivity contribution in [2.24, 2.45) is 13.0 Å². The topological polar surface area (TPSA) is 29.9 Å². The van der Waals surface area contributed by atoms with E-state index in [-0.39, 0.29) is 0 Å². The summed E-state index contributed by atoms with van der Waals surface area (Å²) >= 11 is 6.26. The van der Waals surface area contributed by atoms with Crippen molar-refractivity contribution in [3.63, 3.8) is 0 Å². The number of nitrogens with one attached hydrogen (secondary N) is 1. The molecular formula is C12H20ClN3. The highest BCUT2D eigenvalue weighted by molar-refractivity contribution is 6.31. The molecule has 0 radical (unpaired) electrons. The molecule has 1 saturated heterocycles. The van der Waals surface area contributed by atoms with Crippen molar-refractivity contribution < 1.29 is 0 Å². The molecule has 0 aliphatic carbocycles. The number of piperidine rings is 1. The van der Waals surface area contributed by atoms with Gasteiger partial charge in [0.2, 0.25) is 0 Å². The van der Waals surface area contributed by atoms with Crippen LogP contribution in [0.4, 0.5) is 0 Å². The first-order chi connectivity index (χ1) is 7.58. The van der Waals surface area contributed by atoms with Gasteiger partial charge in [-0.2, -0.15) is 5.10 Å². The molecule has 2 rings (SSSR count). The normalized spacial score (nSPS) is 26.0. The predicted molar refractivity (Wildman–Crippen MR) is 66.8 cm³/mol. The molecule has 0 saturated carbocycles. The minimum Gasteiger partial charge on any atom is -0.314 e. The van der Waals surface area contributed by atoms with Crippen LogP contribution in [0.3, 0.4) is 0 Å². The lowest BCUT2D eigenvalue weighted by Crippen LogP contribution is -2.39. The standard InChI is InChI=1S/C12H20ClN3/c1-8-4-5-14-10(6-8)7-11-12(13)9(2)15-16(11)3/h8,10,14H,4-7H2,1-3H3. The highest BCUT2D eigenvalue weighted by Crippen LogP contribution is 2.24. The maximum Gasteiger partial charge on any atom is 0.0847 e. The summed E-state index contributed by atoms with van der Waals surface area (Å²) in [5, 5.41) is 8.75. The van der Waals surface area contributed by atoms with Crippen molar-refractivity contribution >= 4 is 11.6 Å². The predicted octanol–water partition coefficient (Wildman–Crippen LogP) is 2.31.